The molecule has 0 radical (unpaired) electrons. The van der Waals surface area contributed by atoms with E-state index in [-0.39, 0.29) is 0 Å². The van der Waals surface area contributed by atoms with Crippen LogP contribution in [0.1, 0.15) is 45.4 Å². The van der Waals surface area contributed by atoms with Crippen LogP contribution in [0.4, 0.5) is 0 Å². The zero-order valence-corrected chi connectivity index (χ0v) is 11.2. The van der Waals surface area contributed by atoms with Crippen LogP contribution in [0.2, 0.25) is 0 Å². The number of aryl methyl sites for hydroxylation is 1. The van der Waals surface area contributed by atoms with E-state index in [0.29, 0.717) is 11.5 Å². The Hall–Kier alpha value is -0.900. The molecular formula is C13H24N4. The van der Waals surface area contributed by atoms with Gasteiger partial charge in [-0.25, -0.2) is 4.98 Å². The van der Waals surface area contributed by atoms with Crippen molar-refractivity contribution in [1.82, 2.24) is 20.1 Å². The van der Waals surface area contributed by atoms with Crippen molar-refractivity contribution in [3.05, 3.63) is 12.2 Å². The van der Waals surface area contributed by atoms with E-state index < -0.39 is 0 Å². The lowest BCUT2D eigenvalue weighted by Gasteiger charge is -2.35. The lowest BCUT2D eigenvalue weighted by molar-refractivity contribution is 0.199. The monoisotopic (exact) mass is 236 g/mol. The molecule has 1 atom stereocenters. The average Bonchev–Trinajstić information content (AvgIpc) is 2.63. The van der Waals surface area contributed by atoms with Gasteiger partial charge in [-0.1, -0.05) is 20.3 Å². The molecule has 96 valence electrons. The molecule has 1 aliphatic carbocycles. The number of hydrogen-bond acceptors (Lipinski definition) is 3. The summed E-state index contributed by atoms with van der Waals surface area (Å²) in [4.78, 5) is 4.24. The smallest absolute Gasteiger partial charge is 0.151 e. The van der Waals surface area contributed by atoms with E-state index in [0.717, 1.165) is 18.8 Å². The van der Waals surface area contributed by atoms with Crippen LogP contribution < -0.4 is 5.32 Å². The summed E-state index contributed by atoms with van der Waals surface area (Å²) in [6, 6.07) is 0.683. The lowest BCUT2D eigenvalue weighted by Crippen LogP contribution is -2.38. The van der Waals surface area contributed by atoms with Gasteiger partial charge in [-0.2, -0.15) is 5.10 Å². The first-order valence-electron chi connectivity index (χ1n) is 6.63. The third-order valence-corrected chi connectivity index (χ3v) is 3.63. The van der Waals surface area contributed by atoms with Crippen LogP contribution in [-0.4, -0.2) is 27.4 Å². The first kappa shape index (κ1) is 12.6. The Morgan fingerprint density at radius 2 is 2.35 bits per heavy atom. The van der Waals surface area contributed by atoms with Crippen LogP contribution in [0, 0.1) is 5.41 Å². The zero-order valence-electron chi connectivity index (χ0n) is 11.2. The standard InChI is InChI=1S/C13H24N4/c1-13(2)7-4-5-11(9-13)14-8-6-12-15-10-17(3)16-12/h10-11,14H,4-9H2,1-3H3. The molecule has 2 rings (SSSR count). The van der Waals surface area contributed by atoms with Crippen molar-refractivity contribution in [1.29, 1.82) is 0 Å². The first-order valence-corrected chi connectivity index (χ1v) is 6.63. The molecular weight excluding hydrogens is 212 g/mol. The molecule has 4 heteroatoms. The van der Waals surface area contributed by atoms with E-state index in [1.54, 1.807) is 11.0 Å². The summed E-state index contributed by atoms with van der Waals surface area (Å²) in [6.45, 7) is 5.74. The largest absolute Gasteiger partial charge is 0.314 e. The van der Waals surface area contributed by atoms with E-state index in [1.807, 2.05) is 7.05 Å². The molecule has 0 amide bonds. The number of rotatable bonds is 4. The molecule has 1 N–H and O–H groups in total. The molecule has 1 unspecified atom stereocenters. The molecule has 1 fully saturated rings. The molecule has 1 aromatic rings. The fourth-order valence-electron chi connectivity index (χ4n) is 2.76. The predicted molar refractivity (Wildman–Crippen MR) is 68.7 cm³/mol. The normalized spacial score (nSPS) is 23.8. The van der Waals surface area contributed by atoms with Crippen molar-refractivity contribution < 1.29 is 0 Å². The average molecular weight is 236 g/mol. The molecule has 0 aromatic carbocycles. The van der Waals surface area contributed by atoms with Crippen molar-refractivity contribution in [2.45, 2.75) is 52.0 Å². The van der Waals surface area contributed by atoms with Crippen molar-refractivity contribution in [2.24, 2.45) is 12.5 Å². The van der Waals surface area contributed by atoms with Crippen LogP contribution >= 0.6 is 0 Å². The summed E-state index contributed by atoms with van der Waals surface area (Å²) in [5.74, 6) is 0.940. The first-order chi connectivity index (χ1) is 8.05. The summed E-state index contributed by atoms with van der Waals surface area (Å²) >= 11 is 0. The van der Waals surface area contributed by atoms with Gasteiger partial charge in [0.05, 0.1) is 0 Å². The van der Waals surface area contributed by atoms with E-state index in [1.165, 1.54) is 25.7 Å². The minimum absolute atomic E-state index is 0.513. The number of hydrogen-bond donors (Lipinski definition) is 1. The third-order valence-electron chi connectivity index (χ3n) is 3.63. The zero-order chi connectivity index (χ0) is 12.3. The summed E-state index contributed by atoms with van der Waals surface area (Å²) in [6.07, 6.45) is 8.03. The van der Waals surface area contributed by atoms with Crippen molar-refractivity contribution >= 4 is 0 Å². The molecule has 0 aliphatic heterocycles. The maximum atomic E-state index is 4.29. The third kappa shape index (κ3) is 3.80. The Bertz CT molecular complexity index is 356. The van der Waals surface area contributed by atoms with Gasteiger partial charge in [0.1, 0.15) is 6.33 Å². The van der Waals surface area contributed by atoms with Gasteiger partial charge >= 0.3 is 0 Å². The van der Waals surface area contributed by atoms with Gasteiger partial charge in [0.2, 0.25) is 0 Å². The van der Waals surface area contributed by atoms with Gasteiger partial charge in [-0.15, -0.1) is 0 Å². The molecule has 1 saturated carbocycles. The number of nitrogens with one attached hydrogen (secondary N) is 1. The summed E-state index contributed by atoms with van der Waals surface area (Å²) in [5, 5.41) is 7.93. The maximum Gasteiger partial charge on any atom is 0.151 e. The quantitative estimate of drug-likeness (QED) is 0.868. The van der Waals surface area contributed by atoms with Gasteiger partial charge in [-0.05, 0) is 24.7 Å². The number of nitrogens with zero attached hydrogens (tertiary/aromatic N) is 3. The van der Waals surface area contributed by atoms with Crippen molar-refractivity contribution in [3.8, 4) is 0 Å². The molecule has 1 aromatic heterocycles. The molecule has 1 aliphatic rings. The minimum Gasteiger partial charge on any atom is -0.314 e. The number of aromatic nitrogens is 3. The van der Waals surface area contributed by atoms with Crippen LogP contribution in [0.25, 0.3) is 0 Å². The van der Waals surface area contributed by atoms with E-state index >= 15 is 0 Å². The van der Waals surface area contributed by atoms with E-state index in [2.05, 4.69) is 29.2 Å². The Morgan fingerprint density at radius 3 is 3.00 bits per heavy atom. The Kier molecular flexibility index (Phi) is 3.82. The summed E-state index contributed by atoms with van der Waals surface area (Å²) in [7, 11) is 1.91. The van der Waals surface area contributed by atoms with Crippen molar-refractivity contribution in [2.75, 3.05) is 6.54 Å². The maximum absolute atomic E-state index is 4.29. The lowest BCUT2D eigenvalue weighted by atomic mass is 9.75. The minimum atomic E-state index is 0.513. The predicted octanol–water partition coefficient (Wildman–Crippen LogP) is 1.92. The van der Waals surface area contributed by atoms with E-state index in [4.69, 9.17) is 0 Å². The fraction of sp³-hybridized carbons (Fsp3) is 0.846. The van der Waals surface area contributed by atoms with Gasteiger partial charge in [0.25, 0.3) is 0 Å². The second-order valence-electron chi connectivity index (χ2n) is 6.00. The van der Waals surface area contributed by atoms with Crippen molar-refractivity contribution in [3.63, 3.8) is 0 Å². The molecule has 0 saturated heterocycles. The summed E-state index contributed by atoms with van der Waals surface area (Å²) < 4.78 is 1.76. The van der Waals surface area contributed by atoms with Gasteiger partial charge in [-0.3, -0.25) is 4.68 Å². The van der Waals surface area contributed by atoms with Crippen LogP contribution in [0.3, 0.4) is 0 Å². The highest BCUT2D eigenvalue weighted by Crippen LogP contribution is 2.34. The van der Waals surface area contributed by atoms with Gasteiger partial charge in [0.15, 0.2) is 5.82 Å². The molecule has 1 heterocycles. The highest BCUT2D eigenvalue weighted by Gasteiger charge is 2.27. The van der Waals surface area contributed by atoms with Crippen LogP contribution in [0.15, 0.2) is 6.33 Å². The van der Waals surface area contributed by atoms with Gasteiger partial charge in [0, 0.05) is 26.1 Å². The van der Waals surface area contributed by atoms with Crippen LogP contribution in [-0.2, 0) is 13.5 Å². The molecule has 0 spiro atoms. The summed E-state index contributed by atoms with van der Waals surface area (Å²) in [5.41, 5.74) is 0.513. The Morgan fingerprint density at radius 1 is 1.53 bits per heavy atom. The second-order valence-corrected chi connectivity index (χ2v) is 6.00. The SMILES string of the molecule is Cn1cnc(CCNC2CCCC(C)(C)C2)n1. The van der Waals surface area contributed by atoms with Crippen LogP contribution in [0.5, 0.6) is 0 Å². The topological polar surface area (TPSA) is 42.7 Å². The second kappa shape index (κ2) is 5.17. The fourth-order valence-corrected chi connectivity index (χ4v) is 2.76. The van der Waals surface area contributed by atoms with E-state index in [9.17, 15) is 0 Å². The van der Waals surface area contributed by atoms with Gasteiger partial charge < -0.3 is 5.32 Å². The highest BCUT2D eigenvalue weighted by atomic mass is 15.3. The Labute approximate surface area is 104 Å². The molecule has 0 bridgehead atoms. The molecule has 17 heavy (non-hydrogen) atoms. The molecule has 4 nitrogen and oxygen atoms in total. The highest BCUT2D eigenvalue weighted by molar-refractivity contribution is 4.86. The Balaban J connectivity index is 1.71.